The number of benzene rings is 2. The summed E-state index contributed by atoms with van der Waals surface area (Å²) in [4.78, 5) is 37.0. The molecule has 3 amide bonds. The Morgan fingerprint density at radius 2 is 1.87 bits per heavy atom. The number of methoxy groups -OCH3 is 2. The van der Waals surface area contributed by atoms with E-state index in [1.165, 1.54) is 31.3 Å². The van der Waals surface area contributed by atoms with Gasteiger partial charge in [0.25, 0.3) is 11.8 Å². The molecule has 1 heterocycles. The van der Waals surface area contributed by atoms with Gasteiger partial charge in [0.2, 0.25) is 5.75 Å². The maximum atomic E-state index is 12.7. The normalized spacial score (nSPS) is 12.8. The fourth-order valence-electron chi connectivity index (χ4n) is 3.04. The monoisotopic (exact) mass is 429 g/mol. The van der Waals surface area contributed by atoms with Gasteiger partial charge in [-0.3, -0.25) is 14.5 Å². The van der Waals surface area contributed by atoms with Crippen LogP contribution in [0.5, 0.6) is 17.2 Å². The third kappa shape index (κ3) is 5.16. The van der Waals surface area contributed by atoms with Crippen LogP contribution < -0.4 is 30.2 Å². The molecule has 0 spiro atoms. The molecule has 0 aromatic heterocycles. The van der Waals surface area contributed by atoms with Crippen molar-refractivity contribution < 1.29 is 33.3 Å². The summed E-state index contributed by atoms with van der Waals surface area (Å²) in [7, 11) is 2.81. The second kappa shape index (κ2) is 9.70. The van der Waals surface area contributed by atoms with Crippen LogP contribution in [0.25, 0.3) is 0 Å². The number of ether oxygens (including phenoxy) is 4. The van der Waals surface area contributed by atoms with Crippen molar-refractivity contribution in [3.63, 3.8) is 0 Å². The van der Waals surface area contributed by atoms with E-state index in [4.69, 9.17) is 24.7 Å². The highest BCUT2D eigenvalue weighted by atomic mass is 16.6. The van der Waals surface area contributed by atoms with E-state index >= 15 is 0 Å². The molecule has 10 heteroatoms. The second-order valence-electron chi connectivity index (χ2n) is 6.58. The molecule has 0 atom stereocenters. The maximum Gasteiger partial charge on any atom is 0.414 e. The number of anilines is 1. The van der Waals surface area contributed by atoms with Gasteiger partial charge in [-0.2, -0.15) is 0 Å². The standard InChI is InChI=1S/C21H23N3O7/c1-28-16-9-14(10-17(29-2)19(16)31-12-18(22)25)20(26)23-11-13-4-3-5-15(8-13)24-6-7-30-21(24)27/h3-5,8-10H,6-7,11-12H2,1-2H3,(H2,22,25)(H,23,26). The van der Waals surface area contributed by atoms with Crippen LogP contribution in [0, 0.1) is 0 Å². The lowest BCUT2D eigenvalue weighted by Crippen LogP contribution is -2.25. The summed E-state index contributed by atoms with van der Waals surface area (Å²) < 4.78 is 20.8. The molecule has 0 saturated carbocycles. The third-order valence-corrected chi connectivity index (χ3v) is 4.52. The molecule has 2 aromatic carbocycles. The highest BCUT2D eigenvalue weighted by molar-refractivity contribution is 5.95. The van der Waals surface area contributed by atoms with Gasteiger partial charge in [0.15, 0.2) is 18.1 Å². The van der Waals surface area contributed by atoms with Crippen molar-refractivity contribution >= 4 is 23.6 Å². The van der Waals surface area contributed by atoms with Gasteiger partial charge in [0.05, 0.1) is 20.8 Å². The first kappa shape index (κ1) is 21.8. The van der Waals surface area contributed by atoms with E-state index in [0.29, 0.717) is 18.8 Å². The first-order chi connectivity index (χ1) is 14.9. The van der Waals surface area contributed by atoms with Crippen molar-refractivity contribution in [2.75, 3.05) is 38.9 Å². The Bertz CT molecular complexity index is 968. The predicted molar refractivity (Wildman–Crippen MR) is 111 cm³/mol. The van der Waals surface area contributed by atoms with Gasteiger partial charge in [-0.1, -0.05) is 12.1 Å². The summed E-state index contributed by atoms with van der Waals surface area (Å²) in [6.07, 6.45) is -0.390. The number of primary amides is 1. The van der Waals surface area contributed by atoms with Gasteiger partial charge in [-0.25, -0.2) is 4.79 Å². The van der Waals surface area contributed by atoms with Gasteiger partial charge in [0, 0.05) is 17.8 Å². The van der Waals surface area contributed by atoms with Crippen LogP contribution in [0.1, 0.15) is 15.9 Å². The smallest absolute Gasteiger partial charge is 0.414 e. The molecule has 1 saturated heterocycles. The lowest BCUT2D eigenvalue weighted by Gasteiger charge is -2.16. The minimum atomic E-state index is -0.657. The number of hydrogen-bond acceptors (Lipinski definition) is 7. The lowest BCUT2D eigenvalue weighted by molar-refractivity contribution is -0.120. The average molecular weight is 429 g/mol. The van der Waals surface area contributed by atoms with Crippen molar-refractivity contribution in [3.8, 4) is 17.2 Å². The van der Waals surface area contributed by atoms with Crippen molar-refractivity contribution in [1.29, 1.82) is 0 Å². The summed E-state index contributed by atoms with van der Waals surface area (Å²) in [6, 6.07) is 10.2. The number of amides is 3. The molecular weight excluding hydrogens is 406 g/mol. The van der Waals surface area contributed by atoms with Gasteiger partial charge in [-0.05, 0) is 29.8 Å². The average Bonchev–Trinajstić information content (AvgIpc) is 3.21. The van der Waals surface area contributed by atoms with Crippen LogP contribution >= 0.6 is 0 Å². The highest BCUT2D eigenvalue weighted by Gasteiger charge is 2.23. The summed E-state index contributed by atoms with van der Waals surface area (Å²) in [6.45, 7) is 0.709. The lowest BCUT2D eigenvalue weighted by atomic mass is 10.1. The molecule has 31 heavy (non-hydrogen) atoms. The molecule has 164 valence electrons. The van der Waals surface area contributed by atoms with E-state index in [9.17, 15) is 14.4 Å². The Hall–Kier alpha value is -3.95. The molecule has 3 rings (SSSR count). The zero-order chi connectivity index (χ0) is 22.4. The molecule has 1 fully saturated rings. The van der Waals surface area contributed by atoms with Crippen LogP contribution in [0.15, 0.2) is 36.4 Å². The Balaban J connectivity index is 1.73. The topological polar surface area (TPSA) is 129 Å². The maximum absolute atomic E-state index is 12.7. The van der Waals surface area contributed by atoms with Crippen molar-refractivity contribution in [1.82, 2.24) is 5.32 Å². The number of nitrogens with zero attached hydrogens (tertiary/aromatic N) is 1. The van der Waals surface area contributed by atoms with E-state index in [0.717, 1.165) is 5.56 Å². The van der Waals surface area contributed by atoms with Crippen molar-refractivity contribution in [2.24, 2.45) is 5.73 Å². The summed E-state index contributed by atoms with van der Waals surface area (Å²) >= 11 is 0. The Morgan fingerprint density at radius 1 is 1.16 bits per heavy atom. The summed E-state index contributed by atoms with van der Waals surface area (Å²) in [5.41, 5.74) is 6.91. The first-order valence-corrected chi connectivity index (χ1v) is 9.41. The van der Waals surface area contributed by atoms with Crippen LogP contribution in [-0.4, -0.2) is 51.9 Å². The molecule has 2 aromatic rings. The van der Waals surface area contributed by atoms with E-state index in [-0.39, 0.29) is 48.0 Å². The second-order valence-corrected chi connectivity index (χ2v) is 6.58. The number of nitrogens with one attached hydrogen (secondary N) is 1. The molecule has 3 N–H and O–H groups in total. The molecule has 1 aliphatic heterocycles. The quantitative estimate of drug-likeness (QED) is 0.617. The number of cyclic esters (lactones) is 1. The zero-order valence-electron chi connectivity index (χ0n) is 17.2. The van der Waals surface area contributed by atoms with Crippen molar-refractivity contribution in [2.45, 2.75) is 6.54 Å². The van der Waals surface area contributed by atoms with Crippen LogP contribution in [0.3, 0.4) is 0 Å². The molecule has 0 bridgehead atoms. The molecule has 0 radical (unpaired) electrons. The number of hydrogen-bond donors (Lipinski definition) is 2. The molecular formula is C21H23N3O7. The minimum Gasteiger partial charge on any atom is -0.493 e. The van der Waals surface area contributed by atoms with Crippen LogP contribution in [0.4, 0.5) is 10.5 Å². The van der Waals surface area contributed by atoms with Gasteiger partial charge in [0.1, 0.15) is 6.61 Å². The van der Waals surface area contributed by atoms with E-state index in [1.807, 2.05) is 12.1 Å². The molecule has 0 unspecified atom stereocenters. The van der Waals surface area contributed by atoms with Gasteiger partial charge < -0.3 is 30.0 Å². The highest BCUT2D eigenvalue weighted by Crippen LogP contribution is 2.38. The SMILES string of the molecule is COc1cc(C(=O)NCc2cccc(N3CCOC3=O)c2)cc(OC)c1OCC(N)=O. The van der Waals surface area contributed by atoms with E-state index in [2.05, 4.69) is 5.32 Å². The number of carbonyl (C=O) groups is 3. The Kier molecular flexibility index (Phi) is 6.81. The molecule has 1 aliphatic rings. The van der Waals surface area contributed by atoms with Crippen LogP contribution in [0.2, 0.25) is 0 Å². The van der Waals surface area contributed by atoms with Crippen molar-refractivity contribution in [3.05, 3.63) is 47.5 Å². The fourth-order valence-corrected chi connectivity index (χ4v) is 3.04. The largest absolute Gasteiger partial charge is 0.493 e. The van der Waals surface area contributed by atoms with E-state index in [1.54, 1.807) is 12.1 Å². The van der Waals surface area contributed by atoms with E-state index < -0.39 is 5.91 Å². The predicted octanol–water partition coefficient (Wildman–Crippen LogP) is 1.45. The van der Waals surface area contributed by atoms with Gasteiger partial charge >= 0.3 is 6.09 Å². The number of nitrogens with two attached hydrogens (primary N) is 1. The minimum absolute atomic E-state index is 0.172. The summed E-state index contributed by atoms with van der Waals surface area (Å²) in [5.74, 6) is -0.412. The van der Waals surface area contributed by atoms with Crippen LogP contribution in [-0.2, 0) is 16.1 Å². The molecule has 0 aliphatic carbocycles. The Labute approximate surface area is 178 Å². The van der Waals surface area contributed by atoms with Gasteiger partial charge in [-0.15, -0.1) is 0 Å². The zero-order valence-corrected chi connectivity index (χ0v) is 17.2. The Morgan fingerprint density at radius 3 is 2.45 bits per heavy atom. The molecule has 10 nitrogen and oxygen atoms in total. The summed E-state index contributed by atoms with van der Waals surface area (Å²) in [5, 5.41) is 2.82. The third-order valence-electron chi connectivity index (χ3n) is 4.52. The first-order valence-electron chi connectivity index (χ1n) is 9.41. The fraction of sp³-hybridized carbons (Fsp3) is 0.286. The number of carbonyl (C=O) groups excluding carboxylic acids is 3. The number of rotatable bonds is 9.